The first-order valence-electron chi connectivity index (χ1n) is 12.8. The molecule has 0 saturated heterocycles. The van der Waals surface area contributed by atoms with Crippen LogP contribution in [0.5, 0.6) is 0 Å². The normalized spacial score (nSPS) is 35.4. The molecule has 3 rings (SSSR count). The third kappa shape index (κ3) is 5.58. The van der Waals surface area contributed by atoms with Gasteiger partial charge in [-0.15, -0.1) is 0 Å². The lowest BCUT2D eigenvalue weighted by Crippen LogP contribution is -2.56. The average Bonchev–Trinajstić information content (AvgIpc) is 3.11. The van der Waals surface area contributed by atoms with Gasteiger partial charge in [-0.2, -0.15) is 26.3 Å². The third-order valence-electron chi connectivity index (χ3n) is 9.12. The van der Waals surface area contributed by atoms with Gasteiger partial charge >= 0.3 is 12.4 Å². The molecule has 0 unspecified atom stereocenters. The van der Waals surface area contributed by atoms with Gasteiger partial charge in [0.05, 0.1) is 12.2 Å². The Labute approximate surface area is 209 Å². The van der Waals surface area contributed by atoms with Crippen LogP contribution in [0, 0.1) is 23.2 Å². The number of fused-ring (bicyclic) bond motifs is 1. The van der Waals surface area contributed by atoms with Crippen LogP contribution in [0.15, 0.2) is 35.5 Å². The minimum atomic E-state index is -5.77. The number of halogens is 6. The predicted octanol–water partition coefficient (Wildman–Crippen LogP) is 6.79. The molecule has 0 aromatic heterocycles. The first kappa shape index (κ1) is 29.2. The van der Waals surface area contributed by atoms with E-state index in [9.17, 15) is 41.7 Å². The topological polar surface area (TPSA) is 60.7 Å². The Morgan fingerprint density at radius 2 is 1.72 bits per heavy atom. The van der Waals surface area contributed by atoms with Gasteiger partial charge < -0.3 is 15.3 Å². The summed E-state index contributed by atoms with van der Waals surface area (Å²) in [6.07, 6.45) is -5.24. The monoisotopic (exact) mass is 524 g/mol. The van der Waals surface area contributed by atoms with Crippen LogP contribution in [0.2, 0.25) is 0 Å². The number of hydrogen-bond donors (Lipinski definition) is 3. The summed E-state index contributed by atoms with van der Waals surface area (Å²) in [5, 5.41) is 29.5. The molecule has 9 heteroatoms. The molecule has 0 aromatic rings. The first-order chi connectivity index (χ1) is 16.5. The zero-order chi connectivity index (χ0) is 27.1. The van der Waals surface area contributed by atoms with Crippen LogP contribution in [0.1, 0.15) is 78.1 Å². The summed E-state index contributed by atoms with van der Waals surface area (Å²) >= 11 is 0. The van der Waals surface area contributed by atoms with Crippen molar-refractivity contribution >= 4 is 0 Å². The lowest BCUT2D eigenvalue weighted by molar-refractivity contribution is -0.370. The molecule has 3 aliphatic rings. The van der Waals surface area contributed by atoms with E-state index in [1.807, 2.05) is 13.0 Å². The summed E-state index contributed by atoms with van der Waals surface area (Å²) in [4.78, 5) is 0. The average molecular weight is 525 g/mol. The minimum absolute atomic E-state index is 0.0770. The fraction of sp³-hybridized carbons (Fsp3) is 0.778. The first-order valence-corrected chi connectivity index (χ1v) is 12.8. The SMILES string of the molecule is C=C1/C(=C/C=C2\CCC[C@]3(C)[C@@H]2CC[C@@H]3[C@H](C)CCCC(O)(C(F)(F)F)C(F)(F)F)C[C@H](O)C[C@H]1O. The molecular formula is C27H38F6O3. The lowest BCUT2D eigenvalue weighted by atomic mass is 9.60. The van der Waals surface area contributed by atoms with Crippen LogP contribution >= 0.6 is 0 Å². The second kappa shape index (κ2) is 10.4. The number of alkyl halides is 6. The molecule has 3 fully saturated rings. The predicted molar refractivity (Wildman–Crippen MR) is 125 cm³/mol. The van der Waals surface area contributed by atoms with Crippen molar-refractivity contribution in [2.45, 2.75) is 108 Å². The minimum Gasteiger partial charge on any atom is -0.393 e. The summed E-state index contributed by atoms with van der Waals surface area (Å²) < 4.78 is 78.1. The molecule has 36 heavy (non-hydrogen) atoms. The summed E-state index contributed by atoms with van der Waals surface area (Å²) in [5.41, 5.74) is -2.08. The second-order valence-electron chi connectivity index (χ2n) is 11.4. The summed E-state index contributed by atoms with van der Waals surface area (Å²) in [7, 11) is 0. The molecule has 0 amide bonds. The van der Waals surface area contributed by atoms with E-state index in [0.717, 1.165) is 37.7 Å². The van der Waals surface area contributed by atoms with Gasteiger partial charge in [-0.3, -0.25) is 0 Å². The van der Waals surface area contributed by atoms with Crippen molar-refractivity contribution < 1.29 is 41.7 Å². The summed E-state index contributed by atoms with van der Waals surface area (Å²) in [6.45, 7) is 8.03. The lowest BCUT2D eigenvalue weighted by Gasteiger charge is -2.44. The highest BCUT2D eigenvalue weighted by Crippen LogP contribution is 2.60. The highest BCUT2D eigenvalue weighted by atomic mass is 19.4. The molecule has 0 bridgehead atoms. The fourth-order valence-corrected chi connectivity index (χ4v) is 7.00. The number of aliphatic hydroxyl groups excluding tert-OH is 2. The van der Waals surface area contributed by atoms with Crippen molar-refractivity contribution in [3.63, 3.8) is 0 Å². The fourth-order valence-electron chi connectivity index (χ4n) is 7.00. The number of aliphatic hydroxyl groups is 3. The Hall–Kier alpha value is -1.32. The highest BCUT2D eigenvalue weighted by molar-refractivity contribution is 5.38. The third-order valence-corrected chi connectivity index (χ3v) is 9.12. The van der Waals surface area contributed by atoms with Crippen molar-refractivity contribution in [2.75, 3.05) is 0 Å². The van der Waals surface area contributed by atoms with Gasteiger partial charge in [-0.05, 0) is 85.7 Å². The number of hydrogen-bond acceptors (Lipinski definition) is 3. The molecule has 3 saturated carbocycles. The van der Waals surface area contributed by atoms with Gasteiger partial charge in [0.15, 0.2) is 0 Å². The van der Waals surface area contributed by atoms with E-state index in [-0.39, 0.29) is 42.4 Å². The van der Waals surface area contributed by atoms with E-state index >= 15 is 0 Å². The maximum atomic E-state index is 13.0. The summed E-state index contributed by atoms with van der Waals surface area (Å²) in [6, 6.07) is 0. The van der Waals surface area contributed by atoms with E-state index in [0.29, 0.717) is 12.0 Å². The molecule has 0 radical (unpaired) electrons. The number of rotatable bonds is 6. The van der Waals surface area contributed by atoms with Crippen LogP contribution < -0.4 is 0 Å². The largest absolute Gasteiger partial charge is 0.426 e. The van der Waals surface area contributed by atoms with Gasteiger partial charge in [0.1, 0.15) is 0 Å². The van der Waals surface area contributed by atoms with Gasteiger partial charge in [0, 0.05) is 6.42 Å². The quantitative estimate of drug-likeness (QED) is 0.336. The van der Waals surface area contributed by atoms with Gasteiger partial charge in [-0.1, -0.05) is 44.6 Å². The van der Waals surface area contributed by atoms with Crippen molar-refractivity contribution in [2.24, 2.45) is 23.2 Å². The molecular weight excluding hydrogens is 486 g/mol. The van der Waals surface area contributed by atoms with Gasteiger partial charge in [0.2, 0.25) is 0 Å². The van der Waals surface area contributed by atoms with E-state index in [2.05, 4.69) is 19.6 Å². The summed E-state index contributed by atoms with van der Waals surface area (Å²) in [5.74, 6) is 0.355. The Morgan fingerprint density at radius 1 is 1.08 bits per heavy atom. The Morgan fingerprint density at radius 3 is 2.33 bits per heavy atom. The second-order valence-corrected chi connectivity index (χ2v) is 11.4. The number of allylic oxidation sites excluding steroid dienone is 3. The van der Waals surface area contributed by atoms with Crippen LogP contribution in [0.25, 0.3) is 0 Å². The van der Waals surface area contributed by atoms with Gasteiger partial charge in [0.25, 0.3) is 5.60 Å². The van der Waals surface area contributed by atoms with Crippen LogP contribution in [-0.4, -0.2) is 45.5 Å². The molecule has 0 aliphatic heterocycles. The van der Waals surface area contributed by atoms with Crippen LogP contribution in [0.4, 0.5) is 26.3 Å². The molecule has 6 atom stereocenters. The van der Waals surface area contributed by atoms with E-state index < -0.39 is 36.6 Å². The van der Waals surface area contributed by atoms with Gasteiger partial charge in [-0.25, -0.2) is 0 Å². The van der Waals surface area contributed by atoms with Crippen LogP contribution in [-0.2, 0) is 0 Å². The molecule has 3 aliphatic carbocycles. The van der Waals surface area contributed by atoms with Crippen molar-refractivity contribution in [3.05, 3.63) is 35.5 Å². The molecule has 0 spiro atoms. The molecule has 206 valence electrons. The van der Waals surface area contributed by atoms with E-state index in [1.54, 1.807) is 0 Å². The van der Waals surface area contributed by atoms with Crippen molar-refractivity contribution in [3.8, 4) is 0 Å². The van der Waals surface area contributed by atoms with Crippen LogP contribution in [0.3, 0.4) is 0 Å². The highest BCUT2D eigenvalue weighted by Gasteiger charge is 2.69. The molecule has 0 aromatic carbocycles. The standard InChI is InChI=1S/C27H38F6O3/c1-16(6-4-13-25(36,26(28,29)30)27(31,32)33)21-10-11-22-18(7-5-12-24(21,22)3)8-9-19-14-20(34)15-23(35)17(19)2/h8-9,16,20-23,34-36H,2,4-7,10-15H2,1,3H3/b18-8+,19-9+/t16-,20+,21-,22-,23-,24+/m1/s1. The Bertz CT molecular complexity index is 860. The Balaban J connectivity index is 1.69. The maximum absolute atomic E-state index is 13.0. The smallest absolute Gasteiger partial charge is 0.393 e. The molecule has 3 nitrogen and oxygen atoms in total. The maximum Gasteiger partial charge on any atom is 0.426 e. The van der Waals surface area contributed by atoms with E-state index in [1.165, 1.54) is 5.57 Å². The van der Waals surface area contributed by atoms with E-state index in [4.69, 9.17) is 0 Å². The molecule has 3 N–H and O–H groups in total. The molecule has 0 heterocycles. The van der Waals surface area contributed by atoms with Crippen molar-refractivity contribution in [1.82, 2.24) is 0 Å². The van der Waals surface area contributed by atoms with Crippen molar-refractivity contribution in [1.29, 1.82) is 0 Å². The Kier molecular flexibility index (Phi) is 8.48. The zero-order valence-electron chi connectivity index (χ0n) is 20.9. The zero-order valence-corrected chi connectivity index (χ0v) is 20.9.